The zero-order valence-corrected chi connectivity index (χ0v) is 30.0. The lowest BCUT2D eigenvalue weighted by Gasteiger charge is -2.30. The second-order valence-corrected chi connectivity index (χ2v) is 14.9. The van der Waals surface area contributed by atoms with Gasteiger partial charge in [-0.3, -0.25) is 9.59 Å². The van der Waals surface area contributed by atoms with E-state index in [4.69, 9.17) is 20.9 Å². The van der Waals surface area contributed by atoms with Crippen molar-refractivity contribution in [3.63, 3.8) is 0 Å². The van der Waals surface area contributed by atoms with E-state index in [9.17, 15) is 19.8 Å². The van der Waals surface area contributed by atoms with Crippen molar-refractivity contribution in [1.82, 2.24) is 0 Å². The van der Waals surface area contributed by atoms with E-state index in [-0.39, 0.29) is 17.7 Å². The molecule has 0 saturated heterocycles. The molecule has 2 aliphatic rings. The molecule has 8 heteroatoms. The third-order valence-electron chi connectivity index (χ3n) is 10.6. The fraction of sp³-hybridized carbons (Fsp3) is 0.442. The van der Waals surface area contributed by atoms with Crippen LogP contribution in [0.2, 0.25) is 0 Å². The number of ketones is 2. The van der Waals surface area contributed by atoms with Crippen molar-refractivity contribution in [1.29, 1.82) is 0 Å². The summed E-state index contributed by atoms with van der Waals surface area (Å²) >= 11 is 0. The highest BCUT2D eigenvalue weighted by Gasteiger charge is 2.43. The van der Waals surface area contributed by atoms with Gasteiger partial charge in [0.15, 0.2) is 5.78 Å². The molecule has 51 heavy (non-hydrogen) atoms. The van der Waals surface area contributed by atoms with E-state index < -0.39 is 23.3 Å². The Bertz CT molecular complexity index is 1650. The SMILES string of the molecule is CC1CCC(COc2ccc(C=CC(=O)CC(c3ccc(N)cc3N)C(O)(O)C(=O)C=Cc3ccc(OCC4CCC(C)CC4)cc3)cc2)CC1. The van der Waals surface area contributed by atoms with E-state index in [1.165, 1.54) is 75.7 Å². The van der Waals surface area contributed by atoms with Crippen LogP contribution in [0.25, 0.3) is 12.2 Å². The molecule has 0 heterocycles. The number of carbonyl (C=O) groups is 2. The molecule has 272 valence electrons. The highest BCUT2D eigenvalue weighted by atomic mass is 16.5. The Balaban J connectivity index is 1.20. The molecule has 0 radical (unpaired) electrons. The average molecular weight is 695 g/mol. The van der Waals surface area contributed by atoms with Crippen LogP contribution in [0.1, 0.15) is 94.2 Å². The van der Waals surface area contributed by atoms with Crippen LogP contribution >= 0.6 is 0 Å². The van der Waals surface area contributed by atoms with Crippen LogP contribution in [0.5, 0.6) is 11.5 Å². The molecule has 5 rings (SSSR count). The first-order valence-corrected chi connectivity index (χ1v) is 18.4. The van der Waals surface area contributed by atoms with Crippen LogP contribution in [0, 0.1) is 23.7 Å². The van der Waals surface area contributed by atoms with Gasteiger partial charge in [-0.1, -0.05) is 82.0 Å². The second-order valence-electron chi connectivity index (χ2n) is 14.9. The molecule has 0 amide bonds. The third kappa shape index (κ3) is 11.0. The topological polar surface area (TPSA) is 145 Å². The first-order chi connectivity index (χ1) is 24.5. The van der Waals surface area contributed by atoms with E-state index in [2.05, 4.69) is 13.8 Å². The van der Waals surface area contributed by atoms with Crippen LogP contribution in [0.15, 0.2) is 78.9 Å². The lowest BCUT2D eigenvalue weighted by atomic mass is 9.82. The molecule has 0 spiro atoms. The van der Waals surface area contributed by atoms with Crippen LogP contribution in [0.3, 0.4) is 0 Å². The number of nitrogen functional groups attached to an aromatic ring is 2. The Hall–Kier alpha value is -4.40. The first-order valence-electron chi connectivity index (χ1n) is 18.4. The van der Waals surface area contributed by atoms with Crippen molar-refractivity contribution >= 4 is 35.1 Å². The minimum Gasteiger partial charge on any atom is -0.493 e. The third-order valence-corrected chi connectivity index (χ3v) is 10.6. The maximum Gasteiger partial charge on any atom is 0.235 e. The van der Waals surface area contributed by atoms with Crippen molar-refractivity contribution < 1.29 is 29.3 Å². The summed E-state index contributed by atoms with van der Waals surface area (Å²) in [5.74, 6) is -1.42. The molecule has 3 aromatic carbocycles. The van der Waals surface area contributed by atoms with E-state index in [0.29, 0.717) is 36.3 Å². The highest BCUT2D eigenvalue weighted by molar-refractivity contribution is 6.01. The van der Waals surface area contributed by atoms with Gasteiger partial charge < -0.3 is 31.2 Å². The maximum absolute atomic E-state index is 13.3. The minimum atomic E-state index is -2.93. The Kier molecular flexibility index (Phi) is 13.1. The molecule has 2 aliphatic carbocycles. The summed E-state index contributed by atoms with van der Waals surface area (Å²) in [4.78, 5) is 26.6. The molecule has 0 bridgehead atoms. The number of carbonyl (C=O) groups excluding carboxylic acids is 2. The van der Waals surface area contributed by atoms with Crippen LogP contribution in [-0.2, 0) is 9.59 Å². The van der Waals surface area contributed by atoms with Gasteiger partial charge >= 0.3 is 0 Å². The zero-order chi connectivity index (χ0) is 36.4. The Labute approximate surface area is 302 Å². The van der Waals surface area contributed by atoms with Gasteiger partial charge in [0.05, 0.1) is 19.1 Å². The summed E-state index contributed by atoms with van der Waals surface area (Å²) in [5, 5.41) is 22.6. The highest BCUT2D eigenvalue weighted by Crippen LogP contribution is 2.36. The van der Waals surface area contributed by atoms with Crippen molar-refractivity contribution in [2.24, 2.45) is 23.7 Å². The van der Waals surface area contributed by atoms with Gasteiger partial charge in [-0.25, -0.2) is 0 Å². The maximum atomic E-state index is 13.3. The summed E-state index contributed by atoms with van der Waals surface area (Å²) in [7, 11) is 0. The number of benzene rings is 3. The minimum absolute atomic E-state index is 0.151. The van der Waals surface area contributed by atoms with E-state index in [1.54, 1.807) is 24.3 Å². The van der Waals surface area contributed by atoms with E-state index in [0.717, 1.165) is 35.0 Å². The zero-order valence-electron chi connectivity index (χ0n) is 30.0. The molecule has 3 aromatic rings. The van der Waals surface area contributed by atoms with Gasteiger partial charge in [-0.15, -0.1) is 0 Å². The standard InChI is InChI=1S/C43H54N2O6/c1-29-3-7-33(8-4-29)27-50-37-19-12-31(13-20-37)11-18-36(46)26-40(39-23-17-35(44)25-41(39)45)43(48,49)42(47)24-16-32-14-21-38(22-15-32)51-28-34-9-5-30(2)6-10-34/h11-25,29-30,33-34,40,48-49H,3-10,26-28,44-45H2,1-2H3. The van der Waals surface area contributed by atoms with Gasteiger partial charge in [0.1, 0.15) is 11.5 Å². The number of anilines is 2. The van der Waals surface area contributed by atoms with Crippen molar-refractivity contribution in [3.05, 3.63) is 95.6 Å². The van der Waals surface area contributed by atoms with Gasteiger partial charge in [-0.2, -0.15) is 0 Å². The van der Waals surface area contributed by atoms with Gasteiger partial charge in [0.25, 0.3) is 0 Å². The van der Waals surface area contributed by atoms with Gasteiger partial charge in [0.2, 0.25) is 11.6 Å². The quantitative estimate of drug-likeness (QED) is 0.0712. The molecule has 0 aliphatic heterocycles. The Morgan fingerprint density at radius 3 is 1.67 bits per heavy atom. The Morgan fingerprint density at radius 2 is 1.20 bits per heavy atom. The van der Waals surface area contributed by atoms with Crippen LogP contribution in [0.4, 0.5) is 11.4 Å². The van der Waals surface area contributed by atoms with E-state index in [1.807, 2.05) is 36.4 Å². The smallest absolute Gasteiger partial charge is 0.235 e. The van der Waals surface area contributed by atoms with Crippen molar-refractivity contribution in [2.75, 3.05) is 24.7 Å². The number of hydrogen-bond donors (Lipinski definition) is 4. The number of hydrogen-bond acceptors (Lipinski definition) is 8. The predicted octanol–water partition coefficient (Wildman–Crippen LogP) is 7.98. The summed E-state index contributed by atoms with van der Waals surface area (Å²) in [6.45, 7) is 5.99. The molecular formula is C43H54N2O6. The average Bonchev–Trinajstić information content (AvgIpc) is 3.12. The monoisotopic (exact) mass is 694 g/mol. The summed E-state index contributed by atoms with van der Waals surface area (Å²) in [5.41, 5.74) is 14.3. The number of allylic oxidation sites excluding steroid dienone is 1. The molecule has 2 fully saturated rings. The number of rotatable bonds is 15. The van der Waals surface area contributed by atoms with Crippen LogP contribution < -0.4 is 20.9 Å². The summed E-state index contributed by atoms with van der Waals surface area (Å²) in [6.07, 6.45) is 15.0. The van der Waals surface area contributed by atoms with Crippen molar-refractivity contribution in [3.8, 4) is 11.5 Å². The molecule has 8 nitrogen and oxygen atoms in total. The molecule has 0 aromatic heterocycles. The largest absolute Gasteiger partial charge is 0.493 e. The molecule has 1 unspecified atom stereocenters. The Morgan fingerprint density at radius 1 is 0.725 bits per heavy atom. The van der Waals surface area contributed by atoms with E-state index >= 15 is 0 Å². The summed E-state index contributed by atoms with van der Waals surface area (Å²) < 4.78 is 12.0. The van der Waals surface area contributed by atoms with Gasteiger partial charge in [0, 0.05) is 17.8 Å². The lowest BCUT2D eigenvalue weighted by Crippen LogP contribution is -2.44. The molecule has 1 atom stereocenters. The lowest BCUT2D eigenvalue weighted by molar-refractivity contribution is -0.187. The van der Waals surface area contributed by atoms with Crippen LogP contribution in [-0.4, -0.2) is 40.8 Å². The summed E-state index contributed by atoms with van der Waals surface area (Å²) in [6, 6.07) is 19.3. The molecule has 6 N–H and O–H groups in total. The number of aliphatic hydroxyl groups is 2. The fourth-order valence-corrected chi connectivity index (χ4v) is 7.07. The molecular weight excluding hydrogens is 640 g/mol. The number of nitrogens with two attached hydrogens (primary N) is 2. The predicted molar refractivity (Wildman–Crippen MR) is 204 cm³/mol. The number of ether oxygens (including phenoxy) is 2. The fourth-order valence-electron chi connectivity index (χ4n) is 7.07. The van der Waals surface area contributed by atoms with Crippen molar-refractivity contribution in [2.45, 2.75) is 83.3 Å². The second kappa shape index (κ2) is 17.7. The van der Waals surface area contributed by atoms with Gasteiger partial charge in [-0.05, 0) is 115 Å². The normalized spacial score (nSPS) is 21.8. The first kappa shape index (κ1) is 37.8. The molecule has 2 saturated carbocycles.